The lowest BCUT2D eigenvalue weighted by Gasteiger charge is -2.06. The number of benzene rings is 1. The van der Waals surface area contributed by atoms with Gasteiger partial charge in [-0.1, -0.05) is 11.6 Å². The van der Waals surface area contributed by atoms with Crippen LogP contribution in [0.5, 0.6) is 5.88 Å². The SMILES string of the molecule is O=c1[nH]c(O)c(/C=c2\cnn3c(=NC4CC4)cc(Nc4ccc(Cl)cc4)nc23)[nH]1. The van der Waals surface area contributed by atoms with Gasteiger partial charge < -0.3 is 15.4 Å². The Morgan fingerprint density at radius 2 is 2.07 bits per heavy atom. The van der Waals surface area contributed by atoms with Crippen LogP contribution in [0.1, 0.15) is 18.5 Å². The molecule has 146 valence electrons. The van der Waals surface area contributed by atoms with Gasteiger partial charge in [0.1, 0.15) is 11.5 Å². The van der Waals surface area contributed by atoms with Crippen LogP contribution in [-0.2, 0) is 0 Å². The van der Waals surface area contributed by atoms with Crippen LogP contribution in [-0.4, -0.2) is 35.7 Å². The molecule has 0 unspecified atom stereocenters. The van der Waals surface area contributed by atoms with Gasteiger partial charge in [-0.2, -0.15) is 9.61 Å². The van der Waals surface area contributed by atoms with Gasteiger partial charge in [0, 0.05) is 22.0 Å². The van der Waals surface area contributed by atoms with Crippen molar-refractivity contribution in [2.24, 2.45) is 4.99 Å². The van der Waals surface area contributed by atoms with Crippen LogP contribution in [0.4, 0.5) is 11.5 Å². The average Bonchev–Trinajstić information content (AvgIpc) is 3.33. The molecule has 4 aromatic rings. The first kappa shape index (κ1) is 17.5. The summed E-state index contributed by atoms with van der Waals surface area (Å²) in [4.78, 5) is 25.6. The zero-order chi connectivity index (χ0) is 20.0. The van der Waals surface area contributed by atoms with Crippen molar-refractivity contribution in [2.75, 3.05) is 5.32 Å². The van der Waals surface area contributed by atoms with Crippen molar-refractivity contribution >= 4 is 34.8 Å². The third-order valence-corrected chi connectivity index (χ3v) is 4.75. The van der Waals surface area contributed by atoms with E-state index >= 15 is 0 Å². The van der Waals surface area contributed by atoms with E-state index in [4.69, 9.17) is 16.6 Å². The number of halogens is 1. The summed E-state index contributed by atoms with van der Waals surface area (Å²) >= 11 is 5.96. The zero-order valence-electron chi connectivity index (χ0n) is 15.1. The van der Waals surface area contributed by atoms with Crippen LogP contribution in [0, 0.1) is 0 Å². The van der Waals surface area contributed by atoms with E-state index in [1.807, 2.05) is 18.2 Å². The maximum Gasteiger partial charge on any atom is 0.326 e. The minimum Gasteiger partial charge on any atom is -0.493 e. The average molecular weight is 410 g/mol. The molecule has 0 radical (unpaired) electrons. The minimum atomic E-state index is -0.493. The van der Waals surface area contributed by atoms with Crippen LogP contribution in [0.15, 0.2) is 46.3 Å². The summed E-state index contributed by atoms with van der Waals surface area (Å²) in [5.74, 6) is 0.355. The largest absolute Gasteiger partial charge is 0.493 e. The number of hydrogen-bond acceptors (Lipinski definition) is 6. The van der Waals surface area contributed by atoms with Crippen LogP contribution in [0.3, 0.4) is 0 Å². The molecule has 0 amide bonds. The zero-order valence-corrected chi connectivity index (χ0v) is 15.8. The van der Waals surface area contributed by atoms with E-state index in [0.717, 1.165) is 18.5 Å². The highest BCUT2D eigenvalue weighted by atomic mass is 35.5. The molecule has 1 aliphatic carbocycles. The summed E-state index contributed by atoms with van der Waals surface area (Å²) in [6, 6.07) is 9.44. The Hall–Kier alpha value is -3.59. The summed E-state index contributed by atoms with van der Waals surface area (Å²) in [7, 11) is 0. The van der Waals surface area contributed by atoms with Crippen LogP contribution in [0.2, 0.25) is 5.02 Å². The van der Waals surface area contributed by atoms with E-state index in [9.17, 15) is 9.90 Å². The number of fused-ring (bicyclic) bond motifs is 1. The second-order valence-corrected chi connectivity index (χ2v) is 7.25. The van der Waals surface area contributed by atoms with Crippen molar-refractivity contribution in [3.8, 4) is 5.88 Å². The molecular formula is C19H16ClN7O2. The fraction of sp³-hybridized carbons (Fsp3) is 0.158. The van der Waals surface area contributed by atoms with Gasteiger partial charge in [0.15, 0.2) is 11.1 Å². The number of hydrogen-bond donors (Lipinski definition) is 4. The van der Waals surface area contributed by atoms with Gasteiger partial charge in [-0.15, -0.1) is 0 Å². The fourth-order valence-electron chi connectivity index (χ4n) is 2.94. The second kappa shape index (κ2) is 6.78. The lowest BCUT2D eigenvalue weighted by molar-refractivity contribution is 0.454. The normalized spacial score (nSPS) is 15.3. The number of nitrogens with one attached hydrogen (secondary N) is 3. The van der Waals surface area contributed by atoms with Crippen molar-refractivity contribution < 1.29 is 5.11 Å². The molecule has 1 saturated carbocycles. The first-order chi connectivity index (χ1) is 14.0. The lowest BCUT2D eigenvalue weighted by Crippen LogP contribution is -2.19. The molecule has 3 heterocycles. The molecular weight excluding hydrogens is 394 g/mol. The Morgan fingerprint density at radius 1 is 1.28 bits per heavy atom. The lowest BCUT2D eigenvalue weighted by atomic mass is 10.3. The summed E-state index contributed by atoms with van der Waals surface area (Å²) < 4.78 is 1.65. The number of aromatic nitrogens is 5. The summed E-state index contributed by atoms with van der Waals surface area (Å²) in [5, 5.41) is 18.8. The number of imidazole rings is 1. The van der Waals surface area contributed by atoms with Gasteiger partial charge in [0.25, 0.3) is 0 Å². The van der Waals surface area contributed by atoms with Crippen molar-refractivity contribution in [1.82, 2.24) is 24.6 Å². The van der Waals surface area contributed by atoms with Crippen molar-refractivity contribution in [1.29, 1.82) is 0 Å². The Balaban J connectivity index is 1.67. The van der Waals surface area contributed by atoms with Gasteiger partial charge in [0.2, 0.25) is 5.88 Å². The van der Waals surface area contributed by atoms with E-state index < -0.39 is 5.69 Å². The number of anilines is 2. The van der Waals surface area contributed by atoms with Crippen LogP contribution >= 0.6 is 11.6 Å². The summed E-state index contributed by atoms with van der Waals surface area (Å²) in [6.45, 7) is 0. The number of aromatic hydroxyl groups is 1. The molecule has 4 N–H and O–H groups in total. The monoisotopic (exact) mass is 409 g/mol. The molecule has 3 aromatic heterocycles. The Kier molecular flexibility index (Phi) is 4.09. The van der Waals surface area contributed by atoms with Gasteiger partial charge >= 0.3 is 5.69 Å². The van der Waals surface area contributed by atoms with E-state index in [0.29, 0.717) is 33.2 Å². The van der Waals surface area contributed by atoms with E-state index in [2.05, 4.69) is 25.4 Å². The van der Waals surface area contributed by atoms with Gasteiger partial charge in [0.05, 0.1) is 12.2 Å². The number of H-pyrrole nitrogens is 2. The quantitative estimate of drug-likeness (QED) is 0.406. The number of aromatic amines is 2. The smallest absolute Gasteiger partial charge is 0.326 e. The molecule has 29 heavy (non-hydrogen) atoms. The molecule has 1 fully saturated rings. The third-order valence-electron chi connectivity index (χ3n) is 4.49. The number of rotatable bonds is 4. The summed E-state index contributed by atoms with van der Waals surface area (Å²) in [6.07, 6.45) is 5.34. The van der Waals surface area contributed by atoms with E-state index in [1.54, 1.807) is 28.9 Å². The van der Waals surface area contributed by atoms with Crippen LogP contribution < -0.4 is 21.7 Å². The maximum atomic E-state index is 11.4. The predicted octanol–water partition coefficient (Wildman–Crippen LogP) is 1.46. The highest BCUT2D eigenvalue weighted by Crippen LogP contribution is 2.23. The highest BCUT2D eigenvalue weighted by molar-refractivity contribution is 6.30. The third kappa shape index (κ3) is 3.59. The predicted molar refractivity (Wildman–Crippen MR) is 108 cm³/mol. The maximum absolute atomic E-state index is 11.4. The molecule has 9 nitrogen and oxygen atoms in total. The first-order valence-electron chi connectivity index (χ1n) is 9.03. The molecule has 0 aliphatic heterocycles. The molecule has 1 aliphatic rings. The molecule has 5 rings (SSSR count). The molecule has 0 atom stereocenters. The first-order valence-corrected chi connectivity index (χ1v) is 9.41. The van der Waals surface area contributed by atoms with E-state index in [1.165, 1.54) is 0 Å². The van der Waals surface area contributed by atoms with Crippen molar-refractivity contribution in [2.45, 2.75) is 18.9 Å². The van der Waals surface area contributed by atoms with Crippen molar-refractivity contribution in [3.63, 3.8) is 0 Å². The molecule has 1 aromatic carbocycles. The molecule has 0 bridgehead atoms. The second-order valence-electron chi connectivity index (χ2n) is 6.81. The van der Waals surface area contributed by atoms with Crippen molar-refractivity contribution in [3.05, 3.63) is 68.4 Å². The highest BCUT2D eigenvalue weighted by Gasteiger charge is 2.20. The standard InChI is InChI=1S/C19H16ClN7O2/c20-11-1-3-12(4-2-11)22-15-8-16(23-13-5-6-13)27-17(25-15)10(9-21-27)7-14-18(28)26-19(29)24-14/h1-4,7-9,13,22,28H,5-6H2,(H2,24,26,29)/b10-7+,23-16?. The molecule has 10 heteroatoms. The topological polar surface area (TPSA) is 123 Å². The molecule has 0 saturated heterocycles. The number of nitrogens with zero attached hydrogens (tertiary/aromatic N) is 4. The van der Waals surface area contributed by atoms with Gasteiger partial charge in [-0.25, -0.2) is 9.78 Å². The molecule has 0 spiro atoms. The van der Waals surface area contributed by atoms with E-state index in [-0.39, 0.29) is 11.6 Å². The minimum absolute atomic E-state index is 0.243. The fourth-order valence-corrected chi connectivity index (χ4v) is 3.07. The van der Waals surface area contributed by atoms with Gasteiger partial charge in [-0.05, 0) is 43.2 Å². The Morgan fingerprint density at radius 3 is 2.76 bits per heavy atom. The Labute approximate surface area is 168 Å². The van der Waals surface area contributed by atoms with Gasteiger partial charge in [-0.3, -0.25) is 9.98 Å². The summed E-state index contributed by atoms with van der Waals surface area (Å²) in [5.41, 5.74) is 1.82. The Bertz CT molecular complexity index is 1380. The van der Waals surface area contributed by atoms with Crippen LogP contribution in [0.25, 0.3) is 11.7 Å².